The molecular formula is C23H24N2O3. The number of hydrogen-bond donors (Lipinski definition) is 1. The number of aliphatic hydroxyl groups excluding tert-OH is 1. The molecule has 1 aromatic heterocycles. The molecule has 5 nitrogen and oxygen atoms in total. The van der Waals surface area contributed by atoms with Crippen LogP contribution in [0.25, 0.3) is 10.8 Å². The van der Waals surface area contributed by atoms with Gasteiger partial charge in [0.05, 0.1) is 6.10 Å². The normalized spacial score (nSPS) is 19.8. The van der Waals surface area contributed by atoms with Crippen LogP contribution in [0, 0.1) is 6.92 Å². The molecule has 0 spiro atoms. The molecule has 2 heterocycles. The van der Waals surface area contributed by atoms with Gasteiger partial charge in [-0.3, -0.25) is 9.59 Å². The summed E-state index contributed by atoms with van der Waals surface area (Å²) < 4.78 is 1.48. The van der Waals surface area contributed by atoms with E-state index in [1.807, 2.05) is 19.1 Å². The highest BCUT2D eigenvalue weighted by atomic mass is 16.3. The van der Waals surface area contributed by atoms with Crippen molar-refractivity contribution in [2.75, 3.05) is 13.1 Å². The molecule has 0 radical (unpaired) electrons. The number of aryl methyl sites for hydroxylation is 1. The molecule has 1 fully saturated rings. The average molecular weight is 376 g/mol. The molecule has 1 N–H and O–H groups in total. The van der Waals surface area contributed by atoms with Crippen molar-refractivity contribution < 1.29 is 9.90 Å². The Balaban J connectivity index is 1.54. The van der Waals surface area contributed by atoms with Gasteiger partial charge in [0.15, 0.2) is 0 Å². The zero-order valence-corrected chi connectivity index (χ0v) is 16.1. The van der Waals surface area contributed by atoms with Crippen molar-refractivity contribution in [2.24, 2.45) is 7.05 Å². The minimum Gasteiger partial charge on any atom is -0.391 e. The average Bonchev–Trinajstić information content (AvgIpc) is 2.71. The van der Waals surface area contributed by atoms with Gasteiger partial charge in [-0.1, -0.05) is 42.5 Å². The zero-order chi connectivity index (χ0) is 19.8. The predicted molar refractivity (Wildman–Crippen MR) is 110 cm³/mol. The van der Waals surface area contributed by atoms with E-state index >= 15 is 0 Å². The fourth-order valence-electron chi connectivity index (χ4n) is 4.00. The van der Waals surface area contributed by atoms with Crippen molar-refractivity contribution in [3.8, 4) is 0 Å². The van der Waals surface area contributed by atoms with Crippen LogP contribution in [-0.2, 0) is 7.05 Å². The number of fused-ring (bicyclic) bond motifs is 1. The lowest BCUT2D eigenvalue weighted by Gasteiger charge is -2.36. The number of carbonyl (C=O) groups excluding carboxylic acids is 1. The van der Waals surface area contributed by atoms with Crippen LogP contribution in [0.1, 0.15) is 34.0 Å². The molecule has 144 valence electrons. The largest absolute Gasteiger partial charge is 0.391 e. The standard InChI is InChI=1S/C23H24N2O3/c1-15-7-10-20(22(27)24(15)2)23(28)25-12-11-19(21(26)14-25)18-9-8-16-5-3-4-6-17(16)13-18/h3-10,13,19,21,26H,11-12,14H2,1-2H3/t19-,21+/m0/s1. The van der Waals surface area contributed by atoms with Crippen molar-refractivity contribution in [1.29, 1.82) is 0 Å². The van der Waals surface area contributed by atoms with Crippen molar-refractivity contribution in [3.63, 3.8) is 0 Å². The first-order valence-electron chi connectivity index (χ1n) is 9.58. The second-order valence-corrected chi connectivity index (χ2v) is 7.57. The number of rotatable bonds is 2. The molecule has 1 aliphatic rings. The lowest BCUT2D eigenvalue weighted by molar-refractivity contribution is 0.0380. The number of hydrogen-bond acceptors (Lipinski definition) is 3. The van der Waals surface area contributed by atoms with Gasteiger partial charge >= 0.3 is 0 Å². The van der Waals surface area contributed by atoms with E-state index in [1.165, 1.54) is 9.95 Å². The monoisotopic (exact) mass is 376 g/mol. The zero-order valence-electron chi connectivity index (χ0n) is 16.1. The third-order valence-corrected chi connectivity index (χ3v) is 5.86. The topological polar surface area (TPSA) is 62.5 Å². The van der Waals surface area contributed by atoms with Gasteiger partial charge in [0, 0.05) is 31.7 Å². The highest BCUT2D eigenvalue weighted by Gasteiger charge is 2.32. The van der Waals surface area contributed by atoms with Crippen LogP contribution >= 0.6 is 0 Å². The summed E-state index contributed by atoms with van der Waals surface area (Å²) in [5.74, 6) is -0.328. The third kappa shape index (κ3) is 3.22. The molecule has 1 amide bonds. The number of amides is 1. The summed E-state index contributed by atoms with van der Waals surface area (Å²) >= 11 is 0. The first-order chi connectivity index (χ1) is 13.5. The van der Waals surface area contributed by atoms with Crippen LogP contribution in [0.15, 0.2) is 59.4 Å². The number of aromatic nitrogens is 1. The molecule has 2 atom stereocenters. The second-order valence-electron chi connectivity index (χ2n) is 7.57. The van der Waals surface area contributed by atoms with E-state index in [4.69, 9.17) is 0 Å². The van der Waals surface area contributed by atoms with Gasteiger partial charge in [-0.05, 0) is 41.8 Å². The summed E-state index contributed by atoms with van der Waals surface area (Å²) in [5, 5.41) is 13.1. The molecule has 0 aliphatic carbocycles. The van der Waals surface area contributed by atoms with Crippen LogP contribution in [0.4, 0.5) is 0 Å². The lowest BCUT2D eigenvalue weighted by atomic mass is 9.86. The maximum Gasteiger partial charge on any atom is 0.263 e. The smallest absolute Gasteiger partial charge is 0.263 e. The van der Waals surface area contributed by atoms with Gasteiger partial charge in [-0.25, -0.2) is 0 Å². The molecule has 0 unspecified atom stereocenters. The van der Waals surface area contributed by atoms with E-state index in [0.717, 1.165) is 16.6 Å². The first kappa shape index (κ1) is 18.4. The number of likely N-dealkylation sites (tertiary alicyclic amines) is 1. The van der Waals surface area contributed by atoms with Crippen molar-refractivity contribution in [1.82, 2.24) is 9.47 Å². The number of β-amino-alcohol motifs (C(OH)–C–C–N with tert-alkyl or cyclic N) is 1. The van der Waals surface area contributed by atoms with Gasteiger partial charge in [0.1, 0.15) is 5.56 Å². The highest BCUT2D eigenvalue weighted by Crippen LogP contribution is 2.31. The quantitative estimate of drug-likeness (QED) is 0.748. The van der Waals surface area contributed by atoms with E-state index < -0.39 is 6.10 Å². The number of piperidine rings is 1. The van der Waals surface area contributed by atoms with Crippen LogP contribution in [0.2, 0.25) is 0 Å². The lowest BCUT2D eigenvalue weighted by Crippen LogP contribution is -2.47. The van der Waals surface area contributed by atoms with Crippen LogP contribution in [-0.4, -0.2) is 39.7 Å². The molecule has 2 aromatic carbocycles. The number of pyridine rings is 1. The van der Waals surface area contributed by atoms with Crippen LogP contribution in [0.5, 0.6) is 0 Å². The number of nitrogens with zero attached hydrogens (tertiary/aromatic N) is 2. The molecule has 1 saturated heterocycles. The Morgan fingerprint density at radius 2 is 1.82 bits per heavy atom. The molecule has 5 heteroatoms. The predicted octanol–water partition coefficient (Wildman–Crippen LogP) is 2.84. The Labute approximate surface area is 163 Å². The molecular weight excluding hydrogens is 352 g/mol. The summed E-state index contributed by atoms with van der Waals surface area (Å²) in [7, 11) is 1.66. The second kappa shape index (κ2) is 7.24. The van der Waals surface area contributed by atoms with Crippen molar-refractivity contribution >= 4 is 16.7 Å². The summed E-state index contributed by atoms with van der Waals surface area (Å²) in [6, 6.07) is 17.8. The molecule has 28 heavy (non-hydrogen) atoms. The van der Waals surface area contributed by atoms with Crippen molar-refractivity contribution in [2.45, 2.75) is 25.4 Å². The molecule has 1 aliphatic heterocycles. The Bertz CT molecular complexity index is 1100. The minimum atomic E-state index is -0.659. The minimum absolute atomic E-state index is 0.0190. The van der Waals surface area contributed by atoms with Gasteiger partial charge in [0.25, 0.3) is 11.5 Å². The Kier molecular flexibility index (Phi) is 4.77. The molecule has 4 rings (SSSR count). The molecule has 0 saturated carbocycles. The maximum absolute atomic E-state index is 12.8. The maximum atomic E-state index is 12.8. The van der Waals surface area contributed by atoms with Gasteiger partial charge < -0.3 is 14.6 Å². The Morgan fingerprint density at radius 1 is 1.07 bits per heavy atom. The van der Waals surface area contributed by atoms with Gasteiger partial charge in [0.2, 0.25) is 0 Å². The van der Waals surface area contributed by atoms with Gasteiger partial charge in [-0.2, -0.15) is 0 Å². The molecule has 3 aromatic rings. The summed E-state index contributed by atoms with van der Waals surface area (Å²) in [6.07, 6.45) is 0.00500. The van der Waals surface area contributed by atoms with Crippen LogP contribution < -0.4 is 5.56 Å². The van der Waals surface area contributed by atoms with Crippen molar-refractivity contribution in [3.05, 3.63) is 81.8 Å². The van der Waals surface area contributed by atoms with Gasteiger partial charge in [-0.15, -0.1) is 0 Å². The van der Waals surface area contributed by atoms with E-state index in [0.29, 0.717) is 13.0 Å². The molecule has 0 bridgehead atoms. The fourth-order valence-corrected chi connectivity index (χ4v) is 4.00. The first-order valence-corrected chi connectivity index (χ1v) is 9.58. The van der Waals surface area contributed by atoms with E-state index in [2.05, 4.69) is 30.3 Å². The summed E-state index contributed by atoms with van der Waals surface area (Å²) in [4.78, 5) is 26.9. The fraction of sp³-hybridized carbons (Fsp3) is 0.304. The number of carbonyl (C=O) groups is 1. The number of aliphatic hydroxyl groups is 1. The third-order valence-electron chi connectivity index (χ3n) is 5.86. The number of benzene rings is 2. The SMILES string of the molecule is Cc1ccc(C(=O)N2CC[C@@H](c3ccc4ccccc4c3)[C@H](O)C2)c(=O)n1C. The highest BCUT2D eigenvalue weighted by molar-refractivity contribution is 5.94. The Hall–Kier alpha value is -2.92. The van der Waals surface area contributed by atoms with E-state index in [1.54, 1.807) is 24.1 Å². The summed E-state index contributed by atoms with van der Waals surface area (Å²) in [6.45, 7) is 2.58. The Morgan fingerprint density at radius 3 is 2.57 bits per heavy atom. The van der Waals surface area contributed by atoms with Crippen LogP contribution in [0.3, 0.4) is 0 Å². The van der Waals surface area contributed by atoms with E-state index in [-0.39, 0.29) is 29.5 Å². The summed E-state index contributed by atoms with van der Waals surface area (Å²) in [5.41, 5.74) is 1.75. The van der Waals surface area contributed by atoms with E-state index in [9.17, 15) is 14.7 Å².